The summed E-state index contributed by atoms with van der Waals surface area (Å²) < 4.78 is 20.4. The molecule has 1 N–H and O–H groups in total. The lowest BCUT2D eigenvalue weighted by Crippen LogP contribution is -2.49. The lowest BCUT2D eigenvalue weighted by molar-refractivity contribution is 0.0514. The van der Waals surface area contributed by atoms with Gasteiger partial charge in [0.25, 0.3) is 0 Å². The fourth-order valence-corrected chi connectivity index (χ4v) is 7.45. The number of aromatic nitrogens is 2. The van der Waals surface area contributed by atoms with Crippen LogP contribution in [0.15, 0.2) is 48.8 Å². The molecule has 1 saturated heterocycles. The van der Waals surface area contributed by atoms with Crippen LogP contribution in [0.2, 0.25) is 5.02 Å². The number of hydrogen-bond donors (Lipinski definition) is 1. The van der Waals surface area contributed by atoms with E-state index >= 15 is 0 Å². The van der Waals surface area contributed by atoms with Gasteiger partial charge in [-0.05, 0) is 107 Å². The fraction of sp³-hybridized carbons (Fsp3) is 0.500. The van der Waals surface area contributed by atoms with Crippen LogP contribution < -0.4 is 10.2 Å². The van der Waals surface area contributed by atoms with Crippen LogP contribution in [0.25, 0.3) is 0 Å². The molecular formula is C34H41ClFN5O2. The summed E-state index contributed by atoms with van der Waals surface area (Å²) in [5, 5.41) is 3.63. The van der Waals surface area contributed by atoms with Gasteiger partial charge in [0, 0.05) is 53.1 Å². The molecule has 6 rings (SSSR count). The number of anilines is 2. The minimum atomic E-state index is -0.558. The molecule has 1 aromatic heterocycles. The molecular weight excluding hydrogens is 565 g/mol. The number of aryl methyl sites for hydroxylation is 1. The van der Waals surface area contributed by atoms with Crippen LogP contribution in [0, 0.1) is 5.82 Å². The van der Waals surface area contributed by atoms with Crippen molar-refractivity contribution in [3.63, 3.8) is 0 Å². The van der Waals surface area contributed by atoms with Gasteiger partial charge >= 0.3 is 6.09 Å². The number of benzene rings is 2. The number of carbonyl (C=O) groups is 1. The van der Waals surface area contributed by atoms with Gasteiger partial charge < -0.3 is 15.0 Å². The van der Waals surface area contributed by atoms with Gasteiger partial charge in [0.05, 0.1) is 0 Å². The van der Waals surface area contributed by atoms with E-state index in [2.05, 4.69) is 39.2 Å². The molecule has 1 fully saturated rings. The first-order valence-electron chi connectivity index (χ1n) is 15.4. The third kappa shape index (κ3) is 6.09. The zero-order valence-electron chi connectivity index (χ0n) is 25.5. The summed E-state index contributed by atoms with van der Waals surface area (Å²) >= 11 is 6.27. The molecule has 43 heavy (non-hydrogen) atoms. The molecule has 1 spiro atoms. The minimum absolute atomic E-state index is 0.0405. The molecule has 0 bridgehead atoms. The highest BCUT2D eigenvalue weighted by Crippen LogP contribution is 2.51. The first-order valence-corrected chi connectivity index (χ1v) is 15.8. The van der Waals surface area contributed by atoms with Crippen LogP contribution in [0.3, 0.4) is 0 Å². The largest absolute Gasteiger partial charge is 0.444 e. The molecule has 2 aromatic carbocycles. The third-order valence-corrected chi connectivity index (χ3v) is 9.43. The number of alkyl carbamates (subject to hydrolysis) is 1. The van der Waals surface area contributed by atoms with Crippen molar-refractivity contribution < 1.29 is 13.9 Å². The number of rotatable bonds is 6. The summed E-state index contributed by atoms with van der Waals surface area (Å²) in [5.41, 5.74) is 4.78. The van der Waals surface area contributed by atoms with Crippen LogP contribution >= 0.6 is 11.6 Å². The molecule has 1 aliphatic carbocycles. The highest BCUT2D eigenvalue weighted by atomic mass is 35.5. The molecule has 2 aliphatic heterocycles. The van der Waals surface area contributed by atoms with Crippen molar-refractivity contribution in [2.45, 2.75) is 82.8 Å². The van der Waals surface area contributed by atoms with Crippen molar-refractivity contribution >= 4 is 29.2 Å². The number of ether oxygens (including phenoxy) is 1. The maximum Gasteiger partial charge on any atom is 0.407 e. The number of likely N-dealkylation sites (tertiary alicyclic amines) is 1. The van der Waals surface area contributed by atoms with Gasteiger partial charge in [0.15, 0.2) is 0 Å². The quantitative estimate of drug-likeness (QED) is 0.314. The van der Waals surface area contributed by atoms with Gasteiger partial charge in [-0.25, -0.2) is 19.2 Å². The fourth-order valence-electron chi connectivity index (χ4n) is 7.32. The summed E-state index contributed by atoms with van der Waals surface area (Å²) in [6.45, 7) is 10.7. The predicted octanol–water partition coefficient (Wildman–Crippen LogP) is 7.46. The van der Waals surface area contributed by atoms with Gasteiger partial charge in [-0.1, -0.05) is 30.7 Å². The van der Waals surface area contributed by atoms with Crippen LogP contribution in [0.5, 0.6) is 0 Å². The van der Waals surface area contributed by atoms with Crippen molar-refractivity contribution in [1.82, 2.24) is 20.2 Å². The van der Waals surface area contributed by atoms with Crippen molar-refractivity contribution in [2.24, 2.45) is 0 Å². The number of nitrogens with zero attached hydrogens (tertiary/aromatic N) is 4. The van der Waals surface area contributed by atoms with Gasteiger partial charge in [-0.3, -0.25) is 4.90 Å². The minimum Gasteiger partial charge on any atom is -0.444 e. The molecule has 0 radical (unpaired) electrons. The van der Waals surface area contributed by atoms with E-state index in [9.17, 15) is 9.18 Å². The number of amides is 1. The summed E-state index contributed by atoms with van der Waals surface area (Å²) in [5.74, 6) is 1.14. The van der Waals surface area contributed by atoms with E-state index in [1.54, 1.807) is 18.5 Å². The summed E-state index contributed by atoms with van der Waals surface area (Å²) in [4.78, 5) is 26.7. The molecule has 0 saturated carbocycles. The standard InChI is InChI=1S/C34H41ClFN5O2/c1-22-6-12-27-30(22)31(39-21-38-27)41-20-34(26-18-25(36)11-13-29(26)41)15-5-17-40(19-34)28(23-7-9-24(35)10-8-23)14-16-37-32(42)43-33(2,3)4/h7-11,13,18,21-22,28H,5-6,12,14-17,19-20H2,1-4H3,(H,37,42)/t22-,28+,34-/m1/s1. The van der Waals surface area contributed by atoms with E-state index in [-0.39, 0.29) is 17.3 Å². The Kier molecular flexibility index (Phi) is 8.11. The summed E-state index contributed by atoms with van der Waals surface area (Å²) in [6.07, 6.45) is 5.95. The number of halogens is 2. The summed E-state index contributed by atoms with van der Waals surface area (Å²) in [7, 11) is 0. The zero-order valence-corrected chi connectivity index (χ0v) is 26.3. The van der Waals surface area contributed by atoms with Crippen LogP contribution in [0.4, 0.5) is 20.7 Å². The van der Waals surface area contributed by atoms with Crippen molar-refractivity contribution in [2.75, 3.05) is 31.1 Å². The maximum atomic E-state index is 14.9. The Morgan fingerprint density at radius 3 is 2.74 bits per heavy atom. The number of hydrogen-bond acceptors (Lipinski definition) is 6. The van der Waals surface area contributed by atoms with E-state index in [1.807, 2.05) is 39.0 Å². The topological polar surface area (TPSA) is 70.6 Å². The highest BCUT2D eigenvalue weighted by Gasteiger charge is 2.48. The SMILES string of the molecule is C[C@@H]1CCc2ncnc(N3C[C@]4(CCCN([C@@H](CCNC(=O)OC(C)(C)C)c5ccc(Cl)cc5)C4)c4cc(F)ccc43)c21. The van der Waals surface area contributed by atoms with E-state index in [4.69, 9.17) is 21.3 Å². The second-order valence-corrected chi connectivity index (χ2v) is 13.8. The van der Waals surface area contributed by atoms with E-state index in [0.29, 0.717) is 23.9 Å². The number of fused-ring (bicyclic) bond motifs is 3. The summed E-state index contributed by atoms with van der Waals surface area (Å²) in [6, 6.07) is 13.3. The van der Waals surface area contributed by atoms with Crippen LogP contribution in [-0.2, 0) is 16.6 Å². The van der Waals surface area contributed by atoms with Gasteiger partial charge in [0.2, 0.25) is 0 Å². The van der Waals surface area contributed by atoms with Crippen LogP contribution in [-0.4, -0.2) is 52.7 Å². The number of piperidine rings is 1. The molecule has 3 aliphatic rings. The van der Waals surface area contributed by atoms with E-state index in [0.717, 1.165) is 73.6 Å². The molecule has 228 valence electrons. The lowest BCUT2D eigenvalue weighted by Gasteiger charge is -2.44. The third-order valence-electron chi connectivity index (χ3n) is 9.18. The average molecular weight is 606 g/mol. The molecule has 3 aromatic rings. The number of nitrogens with one attached hydrogen (secondary N) is 1. The predicted molar refractivity (Wildman–Crippen MR) is 168 cm³/mol. The Morgan fingerprint density at radius 2 is 1.98 bits per heavy atom. The first-order chi connectivity index (χ1) is 20.5. The normalized spacial score (nSPS) is 22.4. The van der Waals surface area contributed by atoms with E-state index < -0.39 is 11.7 Å². The lowest BCUT2D eigenvalue weighted by atomic mass is 9.75. The first kappa shape index (κ1) is 29.8. The number of carbonyl (C=O) groups excluding carboxylic acids is 1. The second-order valence-electron chi connectivity index (χ2n) is 13.4. The van der Waals surface area contributed by atoms with Crippen LogP contribution in [0.1, 0.15) is 87.7 Å². The van der Waals surface area contributed by atoms with Crippen molar-refractivity contribution in [3.05, 3.63) is 82.0 Å². The monoisotopic (exact) mass is 605 g/mol. The highest BCUT2D eigenvalue weighted by molar-refractivity contribution is 6.30. The van der Waals surface area contributed by atoms with Gasteiger partial charge in [0.1, 0.15) is 23.6 Å². The molecule has 9 heteroatoms. The molecule has 3 heterocycles. The molecule has 1 amide bonds. The van der Waals surface area contributed by atoms with Crippen molar-refractivity contribution in [1.29, 1.82) is 0 Å². The maximum absolute atomic E-state index is 14.9. The Morgan fingerprint density at radius 1 is 1.19 bits per heavy atom. The molecule has 0 unspecified atom stereocenters. The smallest absolute Gasteiger partial charge is 0.407 e. The Balaban J connectivity index is 1.31. The Labute approximate surface area is 258 Å². The molecule has 3 atom stereocenters. The van der Waals surface area contributed by atoms with Gasteiger partial charge in [-0.2, -0.15) is 0 Å². The Hall–Kier alpha value is -3.23. The van der Waals surface area contributed by atoms with Gasteiger partial charge in [-0.15, -0.1) is 0 Å². The molecule has 7 nitrogen and oxygen atoms in total. The Bertz CT molecular complexity index is 1490. The second kappa shape index (κ2) is 11.7. The average Bonchev–Trinajstić information content (AvgIpc) is 3.48. The van der Waals surface area contributed by atoms with Crippen molar-refractivity contribution in [3.8, 4) is 0 Å². The van der Waals surface area contributed by atoms with E-state index in [1.165, 1.54) is 5.56 Å². The zero-order chi connectivity index (χ0) is 30.4.